The summed E-state index contributed by atoms with van der Waals surface area (Å²) in [5, 5.41) is 0. The minimum atomic E-state index is -5.13. The van der Waals surface area contributed by atoms with Crippen LogP contribution in [0.5, 0.6) is 0 Å². The standard InChI is InChI=1S/C12H14N2O7P2/c15-12(23(19,20)21)10(22(16,17)18)11-13-6-7-14(11)8-9-4-2-1-3-5-9/h1-7,10,19-21H,8H2,(H-,16,17,18)/p+1. The van der Waals surface area contributed by atoms with Crippen molar-refractivity contribution in [1.29, 1.82) is 0 Å². The first-order valence-electron chi connectivity index (χ1n) is 6.32. The van der Waals surface area contributed by atoms with Crippen LogP contribution in [0.2, 0.25) is 0 Å². The Morgan fingerprint density at radius 2 is 1.83 bits per heavy atom. The van der Waals surface area contributed by atoms with E-state index in [2.05, 4.69) is 4.98 Å². The first-order valence-corrected chi connectivity index (χ1v) is 9.65. The third kappa shape index (κ3) is 4.31. The molecule has 0 aliphatic carbocycles. The lowest BCUT2D eigenvalue weighted by Crippen LogP contribution is -2.20. The Morgan fingerprint density at radius 3 is 2.35 bits per heavy atom. The van der Waals surface area contributed by atoms with Crippen LogP contribution in [-0.2, 0) is 15.9 Å². The van der Waals surface area contributed by atoms with Crippen molar-refractivity contribution in [2.75, 3.05) is 0 Å². The molecule has 0 radical (unpaired) electrons. The van der Waals surface area contributed by atoms with Crippen LogP contribution >= 0.6 is 15.5 Å². The quantitative estimate of drug-likeness (QED) is 0.464. The van der Waals surface area contributed by atoms with Crippen LogP contribution in [0.3, 0.4) is 0 Å². The van der Waals surface area contributed by atoms with Crippen LogP contribution in [0.4, 0.5) is 0 Å². The summed E-state index contributed by atoms with van der Waals surface area (Å²) in [6.07, 6.45) is 2.62. The van der Waals surface area contributed by atoms with E-state index in [4.69, 9.17) is 14.7 Å². The minimum absolute atomic E-state index is 0.160. The van der Waals surface area contributed by atoms with Gasteiger partial charge in [-0.15, -0.1) is 0 Å². The molecule has 2 rings (SSSR count). The van der Waals surface area contributed by atoms with Crippen molar-refractivity contribution in [1.82, 2.24) is 9.55 Å². The Morgan fingerprint density at radius 1 is 1.22 bits per heavy atom. The number of benzene rings is 1. The summed E-state index contributed by atoms with van der Waals surface area (Å²) in [6.45, 7) is 0.160. The first-order chi connectivity index (χ1) is 10.6. The van der Waals surface area contributed by atoms with Gasteiger partial charge in [-0.1, -0.05) is 30.3 Å². The van der Waals surface area contributed by atoms with Gasteiger partial charge in [-0.05, 0) is 5.56 Å². The Hall–Kier alpha value is -1.44. The van der Waals surface area contributed by atoms with Crippen LogP contribution in [0.15, 0.2) is 42.7 Å². The van der Waals surface area contributed by atoms with E-state index in [1.54, 1.807) is 30.3 Å². The summed E-state index contributed by atoms with van der Waals surface area (Å²) >= 11 is 0. The number of rotatable bonds is 6. The molecular weight excluding hydrogens is 346 g/mol. The van der Waals surface area contributed by atoms with Crippen LogP contribution in [0.25, 0.3) is 0 Å². The lowest BCUT2D eigenvalue weighted by molar-refractivity contribution is -0.114. The van der Waals surface area contributed by atoms with Gasteiger partial charge < -0.3 is 14.4 Å². The highest BCUT2D eigenvalue weighted by Crippen LogP contribution is 2.61. The fourth-order valence-corrected chi connectivity index (χ4v) is 4.21. The van der Waals surface area contributed by atoms with Crippen LogP contribution in [0, 0.1) is 0 Å². The lowest BCUT2D eigenvalue weighted by atomic mass is 10.2. The fraction of sp³-hybridized carbons (Fsp3) is 0.167. The Labute approximate surface area is 131 Å². The highest BCUT2D eigenvalue weighted by molar-refractivity contribution is 7.78. The number of nitrogens with zero attached hydrogens (tertiary/aromatic N) is 2. The molecule has 0 saturated carbocycles. The van der Waals surface area contributed by atoms with Gasteiger partial charge in [-0.3, -0.25) is 4.57 Å². The smallest absolute Gasteiger partial charge is 0.329 e. The maximum Gasteiger partial charge on any atom is 0.480 e. The Balaban J connectivity index is 2.44. The summed E-state index contributed by atoms with van der Waals surface area (Å²) in [5.41, 5.74) is -3.22. The molecule has 0 amide bonds. The molecule has 0 fully saturated rings. The normalized spacial score (nSPS) is 13.8. The summed E-state index contributed by atoms with van der Waals surface area (Å²) in [5.74, 6) is -0.353. The zero-order valence-corrected chi connectivity index (χ0v) is 13.5. The second kappa shape index (κ2) is 6.59. The second-order valence-corrected chi connectivity index (χ2v) is 8.07. The minimum Gasteiger partial charge on any atom is -0.329 e. The van der Waals surface area contributed by atoms with Gasteiger partial charge in [0.15, 0.2) is 0 Å². The number of hydrogen-bond donors (Lipinski definition) is 5. The van der Waals surface area contributed by atoms with Gasteiger partial charge in [0.05, 0.1) is 0 Å². The van der Waals surface area contributed by atoms with Gasteiger partial charge in [0.2, 0.25) is 5.66 Å². The number of imidazole rings is 1. The Bertz CT molecular complexity index is 735. The van der Waals surface area contributed by atoms with E-state index in [0.717, 1.165) is 5.56 Å². The van der Waals surface area contributed by atoms with E-state index in [9.17, 15) is 19.1 Å². The lowest BCUT2D eigenvalue weighted by Gasteiger charge is -2.17. The summed E-state index contributed by atoms with van der Waals surface area (Å²) in [6, 6.07) is 8.86. The second-order valence-electron chi connectivity index (χ2n) is 4.80. The van der Waals surface area contributed by atoms with Gasteiger partial charge in [0.25, 0.3) is 0 Å². The molecule has 5 N–H and O–H groups in total. The van der Waals surface area contributed by atoms with E-state index in [-0.39, 0.29) is 12.4 Å². The number of aromatic nitrogens is 2. The van der Waals surface area contributed by atoms with E-state index in [1.165, 1.54) is 17.0 Å². The van der Waals surface area contributed by atoms with Crippen molar-refractivity contribution >= 4 is 21.1 Å². The van der Waals surface area contributed by atoms with Gasteiger partial charge >= 0.3 is 21.1 Å². The van der Waals surface area contributed by atoms with Crippen LogP contribution in [-0.4, -0.2) is 39.5 Å². The van der Waals surface area contributed by atoms with Crippen molar-refractivity contribution in [2.45, 2.75) is 12.2 Å². The number of hydrogen-bond acceptors (Lipinski definition) is 6. The van der Waals surface area contributed by atoms with Crippen molar-refractivity contribution < 1.29 is 33.8 Å². The molecule has 0 saturated heterocycles. The molecule has 0 aliphatic heterocycles. The molecule has 1 atom stereocenters. The van der Waals surface area contributed by atoms with Gasteiger partial charge in [0, 0.05) is 18.9 Å². The molecule has 1 unspecified atom stereocenters. The molecule has 124 valence electrons. The number of carbonyl (C=O) groups is 1. The molecule has 1 aromatic heterocycles. The Kier molecular flexibility index (Phi) is 5.13. The highest BCUT2D eigenvalue weighted by Gasteiger charge is 2.56. The molecule has 9 nitrogen and oxygen atoms in total. The molecule has 1 aromatic carbocycles. The molecule has 0 aliphatic rings. The van der Waals surface area contributed by atoms with Crippen LogP contribution in [0.1, 0.15) is 17.0 Å². The van der Waals surface area contributed by atoms with Gasteiger partial charge in [-0.25, -0.2) is 9.78 Å². The molecule has 2 aromatic rings. The summed E-state index contributed by atoms with van der Waals surface area (Å²) < 4.78 is 12.9. The van der Waals surface area contributed by atoms with Gasteiger partial charge in [-0.2, -0.15) is 14.7 Å². The molecular formula is C12H15N2O7P2+. The van der Waals surface area contributed by atoms with E-state index in [0.29, 0.717) is 0 Å². The third-order valence-electron chi connectivity index (χ3n) is 3.05. The largest absolute Gasteiger partial charge is 0.480 e. The van der Waals surface area contributed by atoms with E-state index in [1.807, 2.05) is 0 Å². The zero-order chi connectivity index (χ0) is 17.3. The monoisotopic (exact) mass is 361 g/mol. The predicted molar refractivity (Wildman–Crippen MR) is 81.1 cm³/mol. The van der Waals surface area contributed by atoms with Crippen molar-refractivity contribution in [2.24, 2.45) is 0 Å². The molecule has 0 spiro atoms. The van der Waals surface area contributed by atoms with Crippen molar-refractivity contribution in [3.63, 3.8) is 0 Å². The zero-order valence-electron chi connectivity index (χ0n) is 11.7. The molecule has 0 bridgehead atoms. The van der Waals surface area contributed by atoms with Crippen molar-refractivity contribution in [3.8, 4) is 0 Å². The van der Waals surface area contributed by atoms with E-state index < -0.39 is 26.7 Å². The molecule has 23 heavy (non-hydrogen) atoms. The number of carbonyl (C=O) groups excluding carboxylic acids is 1. The topological polar surface area (TPSA) is 153 Å². The van der Waals surface area contributed by atoms with Crippen LogP contribution < -0.4 is 0 Å². The fourth-order valence-electron chi connectivity index (χ4n) is 2.05. The first kappa shape index (κ1) is 17.9. The average molecular weight is 361 g/mol. The summed E-state index contributed by atoms with van der Waals surface area (Å²) in [7, 11) is -10.2. The van der Waals surface area contributed by atoms with Gasteiger partial charge in [0.1, 0.15) is 5.82 Å². The maximum atomic E-state index is 11.9. The molecule has 11 heteroatoms. The molecule has 1 heterocycles. The predicted octanol–water partition coefficient (Wildman–Crippen LogP) is 0.416. The van der Waals surface area contributed by atoms with Crippen molar-refractivity contribution in [3.05, 3.63) is 54.1 Å². The highest BCUT2D eigenvalue weighted by atomic mass is 31.2. The third-order valence-corrected chi connectivity index (χ3v) is 5.25. The van der Waals surface area contributed by atoms with E-state index >= 15 is 0 Å². The maximum absolute atomic E-state index is 11.9. The average Bonchev–Trinajstić information content (AvgIpc) is 2.85. The SMILES string of the molecule is O=C(C(c1nccn1Cc1ccccc1)P(=O)(O)O)[P+](O)(O)O. The summed E-state index contributed by atoms with van der Waals surface area (Å²) in [4.78, 5) is 61.7.